The van der Waals surface area contributed by atoms with Crippen LogP contribution in [0.1, 0.15) is 5.56 Å². The highest BCUT2D eigenvalue weighted by molar-refractivity contribution is 9.10. The van der Waals surface area contributed by atoms with Gasteiger partial charge in [0.2, 0.25) is 0 Å². The maximum absolute atomic E-state index is 10.9. The molecule has 0 radical (unpaired) electrons. The molecule has 1 aliphatic rings. The molecule has 7 heteroatoms. The van der Waals surface area contributed by atoms with E-state index in [1.54, 1.807) is 17.0 Å². The Hall–Kier alpha value is -1.02. The maximum atomic E-state index is 10.9. The van der Waals surface area contributed by atoms with E-state index in [1.807, 2.05) is 0 Å². The monoisotopic (exact) mass is 316 g/mol. The van der Waals surface area contributed by atoms with Gasteiger partial charge in [-0.05, 0) is 12.1 Å². The Balaban J connectivity index is 2.17. The summed E-state index contributed by atoms with van der Waals surface area (Å²) in [6.07, 6.45) is -1.56. The zero-order valence-corrected chi connectivity index (χ0v) is 11.1. The number of nitro benzene ring substituents is 1. The van der Waals surface area contributed by atoms with E-state index in [9.17, 15) is 20.3 Å². The summed E-state index contributed by atoms with van der Waals surface area (Å²) >= 11 is 3.20. The van der Waals surface area contributed by atoms with E-state index in [0.717, 1.165) is 0 Å². The van der Waals surface area contributed by atoms with Crippen molar-refractivity contribution in [2.45, 2.75) is 18.8 Å². The summed E-state index contributed by atoms with van der Waals surface area (Å²) in [4.78, 5) is 12.3. The van der Waals surface area contributed by atoms with E-state index in [2.05, 4.69) is 15.9 Å². The summed E-state index contributed by atoms with van der Waals surface area (Å²) in [5, 5.41) is 29.8. The number of likely N-dealkylation sites (tertiary alicyclic amines) is 1. The number of β-amino-alcohol motifs (C(OH)–C–C–N with tert-alkyl or cyclic N) is 2. The lowest BCUT2D eigenvalue weighted by atomic mass is 10.1. The van der Waals surface area contributed by atoms with Crippen molar-refractivity contribution >= 4 is 21.6 Å². The highest BCUT2D eigenvalue weighted by Crippen LogP contribution is 2.26. The van der Waals surface area contributed by atoms with Gasteiger partial charge >= 0.3 is 0 Å². The van der Waals surface area contributed by atoms with E-state index < -0.39 is 17.1 Å². The second-order valence-electron chi connectivity index (χ2n) is 4.36. The molecule has 0 amide bonds. The lowest BCUT2D eigenvalue weighted by molar-refractivity contribution is -0.385. The van der Waals surface area contributed by atoms with Gasteiger partial charge < -0.3 is 10.2 Å². The molecule has 1 aliphatic heterocycles. The molecule has 1 aromatic rings. The number of nitrogens with zero attached hydrogens (tertiary/aromatic N) is 2. The predicted molar refractivity (Wildman–Crippen MR) is 68.1 cm³/mol. The molecule has 1 aromatic carbocycles. The van der Waals surface area contributed by atoms with E-state index in [4.69, 9.17) is 0 Å². The molecule has 1 saturated heterocycles. The van der Waals surface area contributed by atoms with Crippen molar-refractivity contribution in [3.63, 3.8) is 0 Å². The fraction of sp³-hybridized carbons (Fsp3) is 0.455. The summed E-state index contributed by atoms with van der Waals surface area (Å²) in [7, 11) is 0. The first-order chi connectivity index (χ1) is 8.47. The number of rotatable bonds is 3. The molecule has 0 aliphatic carbocycles. The number of benzene rings is 1. The van der Waals surface area contributed by atoms with Crippen molar-refractivity contribution in [2.75, 3.05) is 13.1 Å². The molecule has 0 spiro atoms. The molecule has 6 nitrogen and oxygen atoms in total. The molecule has 1 heterocycles. The molecule has 0 unspecified atom stereocenters. The van der Waals surface area contributed by atoms with Crippen LogP contribution in [0, 0.1) is 10.1 Å². The van der Waals surface area contributed by atoms with Gasteiger partial charge in [0, 0.05) is 35.7 Å². The van der Waals surface area contributed by atoms with Gasteiger partial charge in [-0.25, -0.2) is 0 Å². The van der Waals surface area contributed by atoms with Crippen LogP contribution < -0.4 is 0 Å². The highest BCUT2D eigenvalue weighted by atomic mass is 79.9. The fourth-order valence-electron chi connectivity index (χ4n) is 2.06. The Morgan fingerprint density at radius 1 is 1.39 bits per heavy atom. The topological polar surface area (TPSA) is 86.8 Å². The van der Waals surface area contributed by atoms with Gasteiger partial charge in [-0.15, -0.1) is 0 Å². The Morgan fingerprint density at radius 2 is 2.00 bits per heavy atom. The first-order valence-corrected chi connectivity index (χ1v) is 6.28. The number of hydrogen-bond donors (Lipinski definition) is 2. The second-order valence-corrected chi connectivity index (χ2v) is 5.27. The largest absolute Gasteiger partial charge is 0.389 e. The van der Waals surface area contributed by atoms with Crippen molar-refractivity contribution in [2.24, 2.45) is 0 Å². The normalized spacial score (nSPS) is 24.4. The SMILES string of the molecule is O=[N+]([O-])c1cc(Br)ccc1CN1C[C@@H](O)[C@@H](O)C1. The minimum atomic E-state index is -0.778. The van der Waals surface area contributed by atoms with Crippen molar-refractivity contribution in [1.29, 1.82) is 0 Å². The summed E-state index contributed by atoms with van der Waals surface area (Å²) in [6, 6.07) is 4.88. The van der Waals surface area contributed by atoms with Crippen molar-refractivity contribution in [3.05, 3.63) is 38.3 Å². The third-order valence-corrected chi connectivity index (χ3v) is 3.47. The smallest absolute Gasteiger partial charge is 0.275 e. The molecule has 2 rings (SSSR count). The third kappa shape index (κ3) is 2.86. The first kappa shape index (κ1) is 13.4. The first-order valence-electron chi connectivity index (χ1n) is 5.48. The van der Waals surface area contributed by atoms with Gasteiger partial charge in [-0.2, -0.15) is 0 Å². The maximum Gasteiger partial charge on any atom is 0.275 e. The summed E-state index contributed by atoms with van der Waals surface area (Å²) in [6.45, 7) is 1.00. The van der Waals surface area contributed by atoms with Crippen molar-refractivity contribution < 1.29 is 15.1 Å². The van der Waals surface area contributed by atoms with Crippen molar-refractivity contribution in [1.82, 2.24) is 4.90 Å². The molecule has 98 valence electrons. The quantitative estimate of drug-likeness (QED) is 0.639. The van der Waals surface area contributed by atoms with Gasteiger partial charge in [0.1, 0.15) is 0 Å². The van der Waals surface area contributed by atoms with Crippen LogP contribution in [0.5, 0.6) is 0 Å². The zero-order valence-electron chi connectivity index (χ0n) is 9.49. The Labute approximate surface area is 112 Å². The van der Waals surface area contributed by atoms with Crippen LogP contribution in [-0.4, -0.2) is 45.3 Å². The lowest BCUT2D eigenvalue weighted by Crippen LogP contribution is -2.22. The van der Waals surface area contributed by atoms with Gasteiger partial charge in [0.05, 0.1) is 17.1 Å². The van der Waals surface area contributed by atoms with E-state index >= 15 is 0 Å². The number of hydrogen-bond acceptors (Lipinski definition) is 5. The lowest BCUT2D eigenvalue weighted by Gasteiger charge is -2.14. The molecular weight excluding hydrogens is 304 g/mol. The molecule has 0 bridgehead atoms. The molecule has 18 heavy (non-hydrogen) atoms. The van der Waals surface area contributed by atoms with E-state index in [-0.39, 0.29) is 5.69 Å². The average molecular weight is 317 g/mol. The summed E-state index contributed by atoms with van der Waals surface area (Å²) < 4.78 is 0.652. The molecular formula is C11H13BrN2O4. The zero-order chi connectivity index (χ0) is 13.3. The Bertz CT molecular complexity index is 458. The number of aliphatic hydroxyl groups excluding tert-OH is 2. The second kappa shape index (κ2) is 5.31. The molecule has 0 saturated carbocycles. The molecule has 1 fully saturated rings. The Kier molecular flexibility index (Phi) is 3.96. The van der Waals surface area contributed by atoms with Crippen LogP contribution in [-0.2, 0) is 6.54 Å². The van der Waals surface area contributed by atoms with Crippen LogP contribution >= 0.6 is 15.9 Å². The third-order valence-electron chi connectivity index (χ3n) is 2.97. The summed E-state index contributed by atoms with van der Waals surface area (Å²) in [5.41, 5.74) is 0.616. The van der Waals surface area contributed by atoms with Crippen LogP contribution in [0.4, 0.5) is 5.69 Å². The van der Waals surface area contributed by atoms with Crippen molar-refractivity contribution in [3.8, 4) is 0 Å². The van der Waals surface area contributed by atoms with Gasteiger partial charge in [-0.3, -0.25) is 15.0 Å². The van der Waals surface area contributed by atoms with E-state index in [1.165, 1.54) is 6.07 Å². The summed E-state index contributed by atoms with van der Waals surface area (Å²) in [5.74, 6) is 0. The van der Waals surface area contributed by atoms with Gasteiger partial charge in [-0.1, -0.05) is 15.9 Å². The highest BCUT2D eigenvalue weighted by Gasteiger charge is 2.30. The minimum Gasteiger partial charge on any atom is -0.389 e. The minimum absolute atomic E-state index is 0.0419. The van der Waals surface area contributed by atoms with E-state index in [0.29, 0.717) is 29.7 Å². The van der Waals surface area contributed by atoms with Gasteiger partial charge in [0.15, 0.2) is 0 Å². The average Bonchev–Trinajstić information content (AvgIpc) is 2.60. The van der Waals surface area contributed by atoms with Crippen LogP contribution in [0.25, 0.3) is 0 Å². The number of aliphatic hydroxyl groups is 2. The number of nitro groups is 1. The molecule has 2 atom stereocenters. The Morgan fingerprint density at radius 3 is 2.56 bits per heavy atom. The van der Waals surface area contributed by atoms with Crippen LogP contribution in [0.3, 0.4) is 0 Å². The fourth-order valence-corrected chi connectivity index (χ4v) is 2.41. The molecule has 2 N–H and O–H groups in total. The van der Waals surface area contributed by atoms with Crippen LogP contribution in [0.15, 0.2) is 22.7 Å². The molecule has 0 aromatic heterocycles. The van der Waals surface area contributed by atoms with Gasteiger partial charge in [0.25, 0.3) is 5.69 Å². The van der Waals surface area contributed by atoms with Crippen LogP contribution in [0.2, 0.25) is 0 Å². The standard InChI is InChI=1S/C11H13BrN2O4/c12-8-2-1-7(9(3-8)14(17)18)4-13-5-10(15)11(16)6-13/h1-3,10-11,15-16H,4-6H2/t10-,11+. The predicted octanol–water partition coefficient (Wildman–Crippen LogP) is 0.895. The number of halogens is 1.